The zero-order chi connectivity index (χ0) is 25.0. The molecule has 0 fully saturated rings. The van der Waals surface area contributed by atoms with E-state index in [9.17, 15) is 8.42 Å². The van der Waals surface area contributed by atoms with Crippen molar-refractivity contribution in [1.82, 2.24) is 0 Å². The van der Waals surface area contributed by atoms with Gasteiger partial charge in [-0.05, 0) is 25.1 Å². The van der Waals surface area contributed by atoms with E-state index in [1.54, 1.807) is 36.4 Å². The Labute approximate surface area is 201 Å². The molecule has 2 aromatic carbocycles. The molecular weight excluding hydrogens is 463 g/mol. The second-order valence-corrected chi connectivity index (χ2v) is 21.1. The van der Waals surface area contributed by atoms with Crippen LogP contribution >= 0.6 is 0 Å². The minimum Gasteiger partial charge on any atom is -0.495 e. The second kappa shape index (κ2) is 9.93. The van der Waals surface area contributed by atoms with Crippen LogP contribution < -0.4 is 9.04 Å². The summed E-state index contributed by atoms with van der Waals surface area (Å²) in [5.41, 5.74) is 9.04. The molecule has 2 rings (SSSR count). The minimum absolute atomic E-state index is 0.108. The molecule has 0 spiro atoms. The third kappa shape index (κ3) is 7.04. The Morgan fingerprint density at radius 2 is 1.39 bits per heavy atom. The van der Waals surface area contributed by atoms with Crippen molar-refractivity contribution in [2.75, 3.05) is 11.4 Å². The molecule has 0 atom stereocenters. The van der Waals surface area contributed by atoms with Gasteiger partial charge < -0.3 is 4.74 Å². The maximum atomic E-state index is 13.5. The SMILES string of the molecule is C#CN(c1cc(OC)c(C#C[Si](C)(C)C)cc1C#C[Si](C)(C)C)S(=O)(=O)c1ccc(C)cc1. The number of benzene rings is 2. The van der Waals surface area contributed by atoms with Crippen molar-refractivity contribution in [3.63, 3.8) is 0 Å². The molecule has 0 radical (unpaired) electrons. The summed E-state index contributed by atoms with van der Waals surface area (Å²) < 4.78 is 33.4. The van der Waals surface area contributed by atoms with E-state index in [1.807, 2.05) is 6.92 Å². The van der Waals surface area contributed by atoms with Crippen LogP contribution in [0.25, 0.3) is 0 Å². The molecule has 2 aromatic rings. The predicted octanol–water partition coefficient (Wildman–Crippen LogP) is 5.25. The van der Waals surface area contributed by atoms with E-state index in [4.69, 9.17) is 11.2 Å². The molecule has 0 N–H and O–H groups in total. The van der Waals surface area contributed by atoms with Crippen LogP contribution in [0, 0.1) is 42.3 Å². The summed E-state index contributed by atoms with van der Waals surface area (Å²) in [5, 5.41) is 0. The van der Waals surface area contributed by atoms with Crippen LogP contribution in [-0.4, -0.2) is 31.7 Å². The lowest BCUT2D eigenvalue weighted by atomic mass is 10.1. The van der Waals surface area contributed by atoms with E-state index < -0.39 is 26.2 Å². The number of ether oxygens (including phenoxy) is 1. The molecule has 0 bridgehead atoms. The summed E-state index contributed by atoms with van der Waals surface area (Å²) in [5.74, 6) is 6.85. The first-order valence-corrected chi connectivity index (χ1v) is 19.0. The van der Waals surface area contributed by atoms with E-state index in [0.717, 1.165) is 9.87 Å². The Hall–Kier alpha value is -2.90. The number of hydrogen-bond donors (Lipinski definition) is 0. The normalized spacial score (nSPS) is 11.4. The van der Waals surface area contributed by atoms with Crippen LogP contribution in [0.1, 0.15) is 16.7 Å². The lowest BCUT2D eigenvalue weighted by Crippen LogP contribution is -2.27. The molecule has 0 aromatic heterocycles. The Balaban J connectivity index is 2.82. The van der Waals surface area contributed by atoms with Gasteiger partial charge in [0.15, 0.2) is 0 Å². The topological polar surface area (TPSA) is 46.6 Å². The first-order valence-electron chi connectivity index (χ1n) is 10.5. The van der Waals surface area contributed by atoms with Crippen molar-refractivity contribution in [2.45, 2.75) is 51.1 Å². The predicted molar refractivity (Wildman–Crippen MR) is 143 cm³/mol. The number of anilines is 1. The zero-order valence-electron chi connectivity index (χ0n) is 20.6. The van der Waals surface area contributed by atoms with Crippen LogP contribution in [0.5, 0.6) is 5.75 Å². The van der Waals surface area contributed by atoms with Gasteiger partial charge in [-0.2, -0.15) is 4.31 Å². The van der Waals surface area contributed by atoms with Gasteiger partial charge in [0.05, 0.1) is 28.8 Å². The van der Waals surface area contributed by atoms with Gasteiger partial charge in [-0.15, -0.1) is 11.1 Å². The van der Waals surface area contributed by atoms with Gasteiger partial charge in [-0.1, -0.05) is 75.2 Å². The number of sulfonamides is 1. The Morgan fingerprint density at radius 3 is 1.85 bits per heavy atom. The molecule has 0 unspecified atom stereocenters. The van der Waals surface area contributed by atoms with Gasteiger partial charge in [0, 0.05) is 12.1 Å². The fourth-order valence-electron chi connectivity index (χ4n) is 2.70. The second-order valence-electron chi connectivity index (χ2n) is 9.78. The Bertz CT molecular complexity index is 1300. The highest BCUT2D eigenvalue weighted by Gasteiger charge is 2.27. The van der Waals surface area contributed by atoms with Crippen molar-refractivity contribution in [1.29, 1.82) is 0 Å². The van der Waals surface area contributed by atoms with Gasteiger partial charge in [0.2, 0.25) is 0 Å². The fourth-order valence-corrected chi connectivity index (χ4v) is 4.96. The van der Waals surface area contributed by atoms with E-state index in [-0.39, 0.29) is 10.6 Å². The van der Waals surface area contributed by atoms with E-state index in [2.05, 4.69) is 68.3 Å². The third-order valence-corrected chi connectivity index (χ3v) is 7.76. The Kier molecular flexibility index (Phi) is 7.93. The highest BCUT2D eigenvalue weighted by Crippen LogP contribution is 2.33. The van der Waals surface area contributed by atoms with Gasteiger partial charge in [-0.25, -0.2) is 8.42 Å². The number of rotatable bonds is 4. The van der Waals surface area contributed by atoms with Crippen LogP contribution in [0.4, 0.5) is 5.69 Å². The molecule has 0 saturated carbocycles. The lowest BCUT2D eigenvalue weighted by molar-refractivity contribution is 0.413. The summed E-state index contributed by atoms with van der Waals surface area (Å²) >= 11 is 0. The van der Waals surface area contributed by atoms with Crippen LogP contribution in [0.2, 0.25) is 39.3 Å². The third-order valence-electron chi connectivity index (χ3n) is 4.36. The summed E-state index contributed by atoms with van der Waals surface area (Å²) in [7, 11) is -5.89. The van der Waals surface area contributed by atoms with E-state index in [1.165, 1.54) is 7.11 Å². The standard InChI is InChI=1S/C26H31NO3SSi2/c1-10-27(31(28,29)24-13-11-21(2)12-14-24)25-20-26(30-3)23(16-18-33(7,8)9)19-22(25)15-17-32(4,5)6/h1,11-14,19-20H,2-9H3. The van der Waals surface area contributed by atoms with Crippen molar-refractivity contribution >= 4 is 31.9 Å². The summed E-state index contributed by atoms with van der Waals surface area (Å²) in [6.45, 7) is 14.7. The number of terminal acetylenes is 1. The summed E-state index contributed by atoms with van der Waals surface area (Å²) in [4.78, 5) is 0.108. The van der Waals surface area contributed by atoms with Crippen LogP contribution in [0.15, 0.2) is 41.3 Å². The number of methoxy groups -OCH3 is 1. The Morgan fingerprint density at radius 1 is 0.879 bits per heavy atom. The fraction of sp³-hybridized carbons (Fsp3) is 0.308. The van der Waals surface area contributed by atoms with Gasteiger partial charge in [-0.3, -0.25) is 0 Å². The molecule has 0 saturated heterocycles. The van der Waals surface area contributed by atoms with E-state index in [0.29, 0.717) is 16.9 Å². The molecule has 0 amide bonds. The zero-order valence-corrected chi connectivity index (χ0v) is 23.4. The number of aryl methyl sites for hydroxylation is 1. The van der Waals surface area contributed by atoms with E-state index >= 15 is 0 Å². The lowest BCUT2D eigenvalue weighted by Gasteiger charge is -2.21. The quantitative estimate of drug-likeness (QED) is 0.332. The molecular formula is C26H31NO3SSi2. The van der Waals surface area contributed by atoms with Crippen molar-refractivity contribution < 1.29 is 13.2 Å². The smallest absolute Gasteiger partial charge is 0.275 e. The molecule has 0 aliphatic carbocycles. The molecule has 4 nitrogen and oxygen atoms in total. The summed E-state index contributed by atoms with van der Waals surface area (Å²) in [6.07, 6.45) is 5.75. The van der Waals surface area contributed by atoms with Gasteiger partial charge >= 0.3 is 0 Å². The van der Waals surface area contributed by atoms with Crippen molar-refractivity contribution in [2.24, 2.45) is 0 Å². The first kappa shape index (κ1) is 26.4. The van der Waals surface area contributed by atoms with Crippen molar-refractivity contribution in [3.05, 3.63) is 53.1 Å². The first-order chi connectivity index (χ1) is 15.2. The molecule has 0 aliphatic rings. The molecule has 33 heavy (non-hydrogen) atoms. The number of nitrogens with zero attached hydrogens (tertiary/aromatic N) is 1. The highest BCUT2D eigenvalue weighted by molar-refractivity contribution is 7.93. The molecule has 0 heterocycles. The van der Waals surface area contributed by atoms with Crippen LogP contribution in [-0.2, 0) is 10.0 Å². The summed E-state index contributed by atoms with van der Waals surface area (Å²) in [6, 6.07) is 12.3. The average Bonchev–Trinajstić information content (AvgIpc) is 2.70. The number of hydrogen-bond acceptors (Lipinski definition) is 3. The van der Waals surface area contributed by atoms with Gasteiger partial charge in [0.1, 0.15) is 21.9 Å². The molecule has 7 heteroatoms. The van der Waals surface area contributed by atoms with Crippen molar-refractivity contribution in [3.8, 4) is 41.1 Å². The largest absolute Gasteiger partial charge is 0.495 e. The molecule has 0 aliphatic heterocycles. The average molecular weight is 494 g/mol. The minimum atomic E-state index is -4.01. The van der Waals surface area contributed by atoms with Gasteiger partial charge in [0.25, 0.3) is 10.0 Å². The maximum absolute atomic E-state index is 13.5. The monoisotopic (exact) mass is 493 g/mol. The maximum Gasteiger partial charge on any atom is 0.275 e. The highest BCUT2D eigenvalue weighted by atomic mass is 32.2. The van der Waals surface area contributed by atoms with Crippen LogP contribution in [0.3, 0.4) is 0 Å². The molecule has 172 valence electrons.